The van der Waals surface area contributed by atoms with Crippen molar-refractivity contribution in [1.29, 1.82) is 0 Å². The van der Waals surface area contributed by atoms with Gasteiger partial charge in [-0.2, -0.15) is 5.10 Å². The molecule has 3 aromatic carbocycles. The summed E-state index contributed by atoms with van der Waals surface area (Å²) >= 11 is 0. The van der Waals surface area contributed by atoms with Crippen molar-refractivity contribution in [2.24, 2.45) is 4.99 Å². The molecule has 4 aromatic rings. The number of esters is 1. The van der Waals surface area contributed by atoms with Crippen LogP contribution in [0.3, 0.4) is 0 Å². The fourth-order valence-corrected chi connectivity index (χ4v) is 2.83. The topological polar surface area (TPSA) is 56.5 Å². The van der Waals surface area contributed by atoms with Crippen LogP contribution < -0.4 is 4.74 Å². The van der Waals surface area contributed by atoms with Crippen molar-refractivity contribution in [1.82, 2.24) is 9.78 Å². The molecule has 1 heterocycles. The summed E-state index contributed by atoms with van der Waals surface area (Å²) < 4.78 is 34.1. The first-order valence-corrected chi connectivity index (χ1v) is 9.27. The Kier molecular flexibility index (Phi) is 5.54. The molecular weight excluding hydrogens is 400 g/mol. The predicted octanol–water partition coefficient (Wildman–Crippen LogP) is 5.03. The number of hydrogen-bond acceptors (Lipinski definition) is 4. The van der Waals surface area contributed by atoms with Gasteiger partial charge in [-0.15, -0.1) is 0 Å². The minimum absolute atomic E-state index is 0.0185. The first kappa shape index (κ1) is 20.0. The Labute approximate surface area is 177 Å². The van der Waals surface area contributed by atoms with E-state index < -0.39 is 23.2 Å². The van der Waals surface area contributed by atoms with Crippen molar-refractivity contribution < 1.29 is 18.3 Å². The molecule has 0 bridgehead atoms. The molecule has 0 unspecified atom stereocenters. The molecule has 152 valence electrons. The molecular formula is C24H15F2N3O2. The van der Waals surface area contributed by atoms with Gasteiger partial charge >= 0.3 is 5.97 Å². The van der Waals surface area contributed by atoms with E-state index in [1.54, 1.807) is 17.0 Å². The molecule has 0 aliphatic rings. The molecule has 7 heteroatoms. The molecule has 0 aliphatic carbocycles. The highest BCUT2D eigenvalue weighted by Gasteiger charge is 2.19. The summed E-state index contributed by atoms with van der Waals surface area (Å²) in [6.45, 7) is 1.87. The molecule has 4 rings (SSSR count). The third-order valence-corrected chi connectivity index (χ3v) is 4.26. The van der Waals surface area contributed by atoms with E-state index in [0.29, 0.717) is 11.4 Å². The monoisotopic (exact) mass is 415 g/mol. The van der Waals surface area contributed by atoms with E-state index in [4.69, 9.17) is 4.74 Å². The van der Waals surface area contributed by atoms with Crippen LogP contribution in [-0.2, 0) is 0 Å². The zero-order valence-corrected chi connectivity index (χ0v) is 16.3. The van der Waals surface area contributed by atoms with E-state index in [1.165, 1.54) is 12.1 Å². The van der Waals surface area contributed by atoms with Crippen LogP contribution in [0.15, 0.2) is 71.7 Å². The zero-order chi connectivity index (χ0) is 21.8. The van der Waals surface area contributed by atoms with Crippen molar-refractivity contribution in [3.05, 3.63) is 107 Å². The second-order valence-electron chi connectivity index (χ2n) is 6.54. The summed E-state index contributed by atoms with van der Waals surface area (Å²) in [4.78, 5) is 16.5. The number of ether oxygens (including phenoxy) is 1. The number of nitrogens with zero attached hydrogens (tertiary/aromatic N) is 3. The van der Waals surface area contributed by atoms with Crippen LogP contribution in [0.2, 0.25) is 0 Å². The average Bonchev–Trinajstić information content (AvgIpc) is 3.14. The van der Waals surface area contributed by atoms with E-state index in [-0.39, 0.29) is 5.75 Å². The van der Waals surface area contributed by atoms with Crippen LogP contribution in [0.1, 0.15) is 21.6 Å². The molecule has 1 aromatic heterocycles. The van der Waals surface area contributed by atoms with Crippen LogP contribution in [-0.4, -0.2) is 22.0 Å². The fraction of sp³-hybridized carbons (Fsp3) is 0.0417. The number of aliphatic imine (C=N–C) groups is 1. The average molecular weight is 415 g/mol. The summed E-state index contributed by atoms with van der Waals surface area (Å²) in [6.07, 6.45) is 1.56. The predicted molar refractivity (Wildman–Crippen MR) is 111 cm³/mol. The molecule has 0 amide bonds. The van der Waals surface area contributed by atoms with Gasteiger partial charge in [0.05, 0.1) is 11.4 Å². The highest BCUT2D eigenvalue weighted by atomic mass is 19.1. The second-order valence-corrected chi connectivity index (χ2v) is 6.54. The van der Waals surface area contributed by atoms with Gasteiger partial charge in [-0.1, -0.05) is 30.3 Å². The molecule has 0 spiro atoms. The van der Waals surface area contributed by atoms with Gasteiger partial charge in [0.2, 0.25) is 0 Å². The third-order valence-electron chi connectivity index (χ3n) is 4.26. The van der Waals surface area contributed by atoms with Gasteiger partial charge in [0, 0.05) is 17.8 Å². The number of carbonyl (C=O) groups excluding carboxylic acids is 1. The van der Waals surface area contributed by atoms with Gasteiger partial charge in [-0.05, 0) is 49.4 Å². The van der Waals surface area contributed by atoms with Crippen molar-refractivity contribution in [2.45, 2.75) is 6.92 Å². The maximum absolute atomic E-state index is 13.7. The van der Waals surface area contributed by atoms with Crippen molar-refractivity contribution in [3.63, 3.8) is 0 Å². The first-order valence-electron chi connectivity index (χ1n) is 9.27. The Morgan fingerprint density at radius 1 is 1.03 bits per heavy atom. The minimum atomic E-state index is -1.15. The van der Waals surface area contributed by atoms with Crippen LogP contribution in [0.4, 0.5) is 14.6 Å². The molecule has 0 saturated carbocycles. The number of aryl methyl sites for hydroxylation is 1. The van der Waals surface area contributed by atoms with Gasteiger partial charge < -0.3 is 4.74 Å². The van der Waals surface area contributed by atoms with Crippen LogP contribution in [0, 0.1) is 30.7 Å². The summed E-state index contributed by atoms with van der Waals surface area (Å²) in [6, 6.07) is 23.0. The van der Waals surface area contributed by atoms with Gasteiger partial charge in [0.15, 0.2) is 11.6 Å². The van der Waals surface area contributed by atoms with Crippen molar-refractivity contribution >= 4 is 18.0 Å². The minimum Gasteiger partial charge on any atom is -0.413 e. The molecule has 0 radical (unpaired) electrons. The smallest absolute Gasteiger partial charge is 0.350 e. The fourth-order valence-electron chi connectivity index (χ4n) is 2.83. The SMILES string of the molecule is Cc1cc(N=Cc2c#cc(OC(=O)c3c(F)cccc3F)cc2)n(-c2ccccc2)n1. The first-order chi connectivity index (χ1) is 15.0. The summed E-state index contributed by atoms with van der Waals surface area (Å²) in [5, 5.41) is 4.45. The molecule has 0 atom stereocenters. The van der Waals surface area contributed by atoms with E-state index in [2.05, 4.69) is 22.2 Å². The van der Waals surface area contributed by atoms with Gasteiger partial charge in [0.1, 0.15) is 17.2 Å². The highest BCUT2D eigenvalue weighted by molar-refractivity contribution is 5.91. The van der Waals surface area contributed by atoms with Crippen molar-refractivity contribution in [2.75, 3.05) is 0 Å². The van der Waals surface area contributed by atoms with E-state index >= 15 is 0 Å². The Balaban J connectivity index is 1.50. The Bertz CT molecular complexity index is 1230. The van der Waals surface area contributed by atoms with Gasteiger partial charge in [-0.3, -0.25) is 0 Å². The molecule has 31 heavy (non-hydrogen) atoms. The highest BCUT2D eigenvalue weighted by Crippen LogP contribution is 2.20. The van der Waals surface area contributed by atoms with E-state index in [0.717, 1.165) is 23.5 Å². The molecule has 0 aliphatic heterocycles. The lowest BCUT2D eigenvalue weighted by Crippen LogP contribution is -2.12. The number of benzene rings is 2. The Morgan fingerprint density at radius 3 is 2.45 bits per heavy atom. The van der Waals surface area contributed by atoms with E-state index in [1.807, 2.05) is 43.3 Å². The van der Waals surface area contributed by atoms with E-state index in [9.17, 15) is 13.6 Å². The molecule has 0 saturated heterocycles. The Morgan fingerprint density at radius 2 is 1.77 bits per heavy atom. The normalized spacial score (nSPS) is 10.8. The lowest BCUT2D eigenvalue weighted by Gasteiger charge is -2.04. The van der Waals surface area contributed by atoms with Crippen LogP contribution in [0.25, 0.3) is 5.69 Å². The number of aromatic nitrogens is 2. The summed E-state index contributed by atoms with van der Waals surface area (Å²) in [5.74, 6) is -2.53. The lowest BCUT2D eigenvalue weighted by atomic mass is 10.2. The summed E-state index contributed by atoms with van der Waals surface area (Å²) in [5.41, 5.74) is 1.50. The molecule has 5 nitrogen and oxygen atoms in total. The van der Waals surface area contributed by atoms with Gasteiger partial charge in [0.25, 0.3) is 0 Å². The number of carbonyl (C=O) groups is 1. The maximum Gasteiger partial charge on any atom is 0.350 e. The van der Waals surface area contributed by atoms with Crippen molar-refractivity contribution in [3.8, 4) is 11.4 Å². The zero-order valence-electron chi connectivity index (χ0n) is 16.3. The molecule has 0 N–H and O–H groups in total. The number of para-hydroxylation sites is 1. The molecule has 0 fully saturated rings. The Hall–Kier alpha value is -4.31. The quantitative estimate of drug-likeness (QED) is 0.339. The standard InChI is InChI=1S/C24H15F2N3O2/c1-16-14-22(29(28-16)18-6-3-2-4-7-18)27-15-17-10-12-19(13-11-17)31-24(30)23-20(25)8-5-9-21(23)26/h2-10,12,14-15H,1H3. The number of rotatable bonds is 5. The largest absolute Gasteiger partial charge is 0.413 e. The third kappa shape index (κ3) is 4.49. The lowest BCUT2D eigenvalue weighted by molar-refractivity contribution is 0.0724. The van der Waals surface area contributed by atoms with Crippen LogP contribution >= 0.6 is 0 Å². The summed E-state index contributed by atoms with van der Waals surface area (Å²) in [7, 11) is 0. The van der Waals surface area contributed by atoms with Gasteiger partial charge in [-0.25, -0.2) is 23.2 Å². The van der Waals surface area contributed by atoms with Crippen LogP contribution in [0.5, 0.6) is 5.75 Å². The second kappa shape index (κ2) is 8.59. The number of halogens is 2. The maximum atomic E-state index is 13.7. The number of hydrogen-bond donors (Lipinski definition) is 0.